The number of nitrogens with one attached hydrogen (secondary N) is 1. The van der Waals surface area contributed by atoms with Gasteiger partial charge in [-0.25, -0.2) is 4.79 Å². The normalized spacial score (nSPS) is 12.9. The van der Waals surface area contributed by atoms with Crippen molar-refractivity contribution in [2.24, 2.45) is 0 Å². The molecule has 0 saturated carbocycles. The van der Waals surface area contributed by atoms with E-state index in [2.05, 4.69) is 5.32 Å². The van der Waals surface area contributed by atoms with Gasteiger partial charge in [0.2, 0.25) is 0 Å². The van der Waals surface area contributed by atoms with E-state index in [4.69, 9.17) is 16.3 Å². The summed E-state index contributed by atoms with van der Waals surface area (Å²) in [6.45, 7) is -0.221. The molecule has 8 nitrogen and oxygen atoms in total. The molecule has 0 aliphatic rings. The molecular formula is C17H17ClN2O6. The van der Waals surface area contributed by atoms with Gasteiger partial charge in [0.15, 0.2) is 0 Å². The molecule has 0 bridgehead atoms. The summed E-state index contributed by atoms with van der Waals surface area (Å²) in [5.74, 6) is 0. The summed E-state index contributed by atoms with van der Waals surface area (Å²) in [7, 11) is 0. The first-order valence-corrected chi connectivity index (χ1v) is 8.01. The van der Waals surface area contributed by atoms with Crippen molar-refractivity contribution >= 4 is 23.4 Å². The van der Waals surface area contributed by atoms with Crippen LogP contribution in [-0.2, 0) is 11.3 Å². The molecule has 2 aromatic carbocycles. The van der Waals surface area contributed by atoms with Crippen molar-refractivity contribution in [1.82, 2.24) is 5.32 Å². The Bertz CT molecular complexity index is 771. The summed E-state index contributed by atoms with van der Waals surface area (Å²) in [5, 5.41) is 33.1. The zero-order chi connectivity index (χ0) is 19.1. The second-order valence-corrected chi connectivity index (χ2v) is 5.82. The van der Waals surface area contributed by atoms with Crippen LogP contribution in [0, 0.1) is 10.1 Å². The summed E-state index contributed by atoms with van der Waals surface area (Å²) in [6, 6.07) is 12.5. The second-order valence-electron chi connectivity index (χ2n) is 5.42. The number of nitro groups is 1. The van der Waals surface area contributed by atoms with Gasteiger partial charge in [-0.15, -0.1) is 0 Å². The Labute approximate surface area is 154 Å². The molecule has 3 N–H and O–H groups in total. The van der Waals surface area contributed by atoms with E-state index in [1.807, 2.05) is 18.2 Å². The molecule has 0 fully saturated rings. The fourth-order valence-electron chi connectivity index (χ4n) is 2.15. The maximum atomic E-state index is 11.6. The van der Waals surface area contributed by atoms with E-state index in [0.29, 0.717) is 0 Å². The van der Waals surface area contributed by atoms with Crippen LogP contribution in [0.2, 0.25) is 5.02 Å². The lowest BCUT2D eigenvalue weighted by Gasteiger charge is -2.19. The Morgan fingerprint density at radius 2 is 1.92 bits per heavy atom. The van der Waals surface area contributed by atoms with Crippen molar-refractivity contribution in [2.45, 2.75) is 18.8 Å². The predicted molar refractivity (Wildman–Crippen MR) is 93.7 cm³/mol. The fourth-order valence-corrected chi connectivity index (χ4v) is 2.44. The maximum absolute atomic E-state index is 11.6. The minimum Gasteiger partial charge on any atom is -0.445 e. The van der Waals surface area contributed by atoms with Gasteiger partial charge in [0.05, 0.1) is 9.95 Å². The highest BCUT2D eigenvalue weighted by molar-refractivity contribution is 6.31. The van der Waals surface area contributed by atoms with E-state index in [-0.39, 0.29) is 29.4 Å². The van der Waals surface area contributed by atoms with E-state index in [9.17, 15) is 25.1 Å². The number of carbonyl (C=O) groups excluding carboxylic acids is 1. The summed E-state index contributed by atoms with van der Waals surface area (Å²) in [6.07, 6.45) is -3.56. The molecule has 2 rings (SSSR count). The lowest BCUT2D eigenvalue weighted by atomic mass is 10.0. The van der Waals surface area contributed by atoms with Gasteiger partial charge in [0.25, 0.3) is 5.69 Å². The van der Waals surface area contributed by atoms with E-state index >= 15 is 0 Å². The first-order chi connectivity index (χ1) is 12.4. The predicted octanol–water partition coefficient (Wildman–Crippen LogP) is 2.57. The highest BCUT2D eigenvalue weighted by atomic mass is 35.5. The zero-order valence-electron chi connectivity index (χ0n) is 13.5. The van der Waals surface area contributed by atoms with Crippen molar-refractivity contribution < 1.29 is 24.7 Å². The number of non-ortho nitro benzene ring substituents is 1. The summed E-state index contributed by atoms with van der Waals surface area (Å²) in [4.78, 5) is 21.7. The largest absolute Gasteiger partial charge is 0.445 e. The standard InChI is InChI=1S/C17H17ClN2O6/c18-14-8-12(20(24)25)6-7-13(14)16(22)15(21)9-19-17(23)26-10-11-4-2-1-3-5-11/h1-8,15-16,21-22H,9-10H2,(H,19,23). The third-order valence-electron chi connectivity index (χ3n) is 3.55. The second kappa shape index (κ2) is 9.14. The van der Waals surface area contributed by atoms with Gasteiger partial charge in [-0.1, -0.05) is 41.9 Å². The van der Waals surface area contributed by atoms with Crippen LogP contribution in [0.25, 0.3) is 0 Å². The number of halogens is 1. The maximum Gasteiger partial charge on any atom is 0.407 e. The van der Waals surface area contributed by atoms with Crippen LogP contribution in [0.1, 0.15) is 17.2 Å². The molecule has 9 heteroatoms. The van der Waals surface area contributed by atoms with Crippen molar-refractivity contribution in [3.05, 3.63) is 74.8 Å². The third-order valence-corrected chi connectivity index (χ3v) is 3.87. The van der Waals surface area contributed by atoms with E-state index in [1.54, 1.807) is 12.1 Å². The quantitative estimate of drug-likeness (QED) is 0.501. The van der Waals surface area contributed by atoms with Gasteiger partial charge >= 0.3 is 6.09 Å². The molecule has 0 aromatic heterocycles. The summed E-state index contributed by atoms with van der Waals surface area (Å²) < 4.78 is 4.99. The highest BCUT2D eigenvalue weighted by Gasteiger charge is 2.23. The molecule has 2 unspecified atom stereocenters. The molecular weight excluding hydrogens is 364 g/mol. The molecule has 0 spiro atoms. The molecule has 26 heavy (non-hydrogen) atoms. The molecule has 0 heterocycles. The Morgan fingerprint density at radius 1 is 1.23 bits per heavy atom. The van der Waals surface area contributed by atoms with Crippen LogP contribution in [0.3, 0.4) is 0 Å². The Balaban J connectivity index is 1.85. The number of benzene rings is 2. The van der Waals surface area contributed by atoms with Crippen LogP contribution in [-0.4, -0.2) is 33.9 Å². The number of ether oxygens (including phenoxy) is 1. The van der Waals surface area contributed by atoms with Gasteiger partial charge in [0, 0.05) is 24.2 Å². The Morgan fingerprint density at radius 3 is 2.54 bits per heavy atom. The molecule has 1 amide bonds. The number of aliphatic hydroxyl groups excluding tert-OH is 2. The topological polar surface area (TPSA) is 122 Å². The van der Waals surface area contributed by atoms with Crippen LogP contribution in [0.5, 0.6) is 0 Å². The number of nitro benzene ring substituents is 1. The van der Waals surface area contributed by atoms with E-state index in [0.717, 1.165) is 11.6 Å². The van der Waals surface area contributed by atoms with E-state index in [1.165, 1.54) is 12.1 Å². The molecule has 2 atom stereocenters. The first-order valence-electron chi connectivity index (χ1n) is 7.63. The minimum atomic E-state index is -1.43. The lowest BCUT2D eigenvalue weighted by Crippen LogP contribution is -2.35. The van der Waals surface area contributed by atoms with Crippen molar-refractivity contribution in [1.29, 1.82) is 0 Å². The van der Waals surface area contributed by atoms with Crippen LogP contribution in [0.15, 0.2) is 48.5 Å². The van der Waals surface area contributed by atoms with Crippen LogP contribution < -0.4 is 5.32 Å². The number of alkyl carbamates (subject to hydrolysis) is 1. The number of aliphatic hydroxyl groups is 2. The smallest absolute Gasteiger partial charge is 0.407 e. The molecule has 0 aliphatic carbocycles. The third kappa shape index (κ3) is 5.41. The Hall–Kier alpha value is -2.68. The average molecular weight is 381 g/mol. The number of rotatable bonds is 7. The molecule has 0 saturated heterocycles. The molecule has 2 aromatic rings. The van der Waals surface area contributed by atoms with Gasteiger partial charge in [0.1, 0.15) is 18.8 Å². The lowest BCUT2D eigenvalue weighted by molar-refractivity contribution is -0.384. The number of nitrogens with zero attached hydrogens (tertiary/aromatic N) is 1. The van der Waals surface area contributed by atoms with Crippen molar-refractivity contribution in [3.8, 4) is 0 Å². The molecule has 0 radical (unpaired) electrons. The number of hydrogen-bond acceptors (Lipinski definition) is 6. The minimum absolute atomic E-state index is 0.0580. The number of carbonyl (C=O) groups is 1. The van der Waals surface area contributed by atoms with Gasteiger partial charge < -0.3 is 20.3 Å². The SMILES string of the molecule is O=C(NCC(O)C(O)c1ccc([N+](=O)[O-])cc1Cl)OCc1ccccc1. The summed E-state index contributed by atoms with van der Waals surface area (Å²) in [5.41, 5.74) is 0.688. The monoisotopic (exact) mass is 380 g/mol. The van der Waals surface area contributed by atoms with Gasteiger partial charge in [-0.3, -0.25) is 10.1 Å². The van der Waals surface area contributed by atoms with Gasteiger partial charge in [-0.05, 0) is 11.6 Å². The molecule has 0 aliphatic heterocycles. The molecule has 138 valence electrons. The average Bonchev–Trinajstić information content (AvgIpc) is 2.64. The number of hydrogen-bond donors (Lipinski definition) is 3. The van der Waals surface area contributed by atoms with Crippen LogP contribution >= 0.6 is 11.6 Å². The fraction of sp³-hybridized carbons (Fsp3) is 0.235. The van der Waals surface area contributed by atoms with Crippen LogP contribution in [0.4, 0.5) is 10.5 Å². The van der Waals surface area contributed by atoms with Crippen molar-refractivity contribution in [3.63, 3.8) is 0 Å². The summed E-state index contributed by atoms with van der Waals surface area (Å²) >= 11 is 5.91. The zero-order valence-corrected chi connectivity index (χ0v) is 14.3. The first kappa shape index (κ1) is 19.6. The van der Waals surface area contributed by atoms with E-state index < -0.39 is 23.2 Å². The Kier molecular flexibility index (Phi) is 6.90. The highest BCUT2D eigenvalue weighted by Crippen LogP contribution is 2.28. The number of amides is 1. The van der Waals surface area contributed by atoms with Gasteiger partial charge in [-0.2, -0.15) is 0 Å². The van der Waals surface area contributed by atoms with Crippen molar-refractivity contribution in [2.75, 3.05) is 6.54 Å².